The van der Waals surface area contributed by atoms with Gasteiger partial charge < -0.3 is 0 Å². The summed E-state index contributed by atoms with van der Waals surface area (Å²) in [5.74, 6) is 2.69. The van der Waals surface area contributed by atoms with Crippen molar-refractivity contribution in [3.05, 3.63) is 16.6 Å². The predicted octanol–water partition coefficient (Wildman–Crippen LogP) is 3.23. The van der Waals surface area contributed by atoms with Gasteiger partial charge in [-0.2, -0.15) is 0 Å². The minimum absolute atomic E-state index is 0.305. The molecule has 0 aliphatic heterocycles. The maximum atomic E-state index is 10.2. The predicted molar refractivity (Wildman–Crippen MR) is 63.9 cm³/mol. The monoisotopic (exact) mass is 302 g/mol. The summed E-state index contributed by atoms with van der Waals surface area (Å²) >= 11 is 4.70. The summed E-state index contributed by atoms with van der Waals surface area (Å²) in [4.78, 5) is 4.11. The third-order valence-corrected chi connectivity index (χ3v) is 3.09. The van der Waals surface area contributed by atoms with Gasteiger partial charge in [0.25, 0.3) is 0 Å². The van der Waals surface area contributed by atoms with Crippen LogP contribution in [0.1, 0.15) is 0 Å². The van der Waals surface area contributed by atoms with E-state index in [1.54, 1.807) is 6.07 Å². The zero-order valence-electron chi connectivity index (χ0n) is 7.23. The molecular weight excluding hydrogens is 299 g/mol. The van der Waals surface area contributed by atoms with E-state index in [2.05, 4.69) is 26.7 Å². The number of ether oxygens (including phenoxy) is 1. The third kappa shape index (κ3) is 2.24. The zero-order valence-corrected chi connectivity index (χ0v) is 10.5. The molecule has 0 aliphatic carbocycles. The molecule has 1 heterocycles. The molecule has 0 radical (unpaired) electrons. The van der Waals surface area contributed by atoms with Gasteiger partial charge in [0.15, 0.2) is 0 Å². The van der Waals surface area contributed by atoms with Crippen molar-refractivity contribution in [2.45, 2.75) is 0 Å². The first kappa shape index (κ1) is 10.7. The molecule has 2 rings (SSSR count). The van der Waals surface area contributed by atoms with Crippen molar-refractivity contribution in [1.29, 1.82) is 0 Å². The van der Waals surface area contributed by atoms with Crippen molar-refractivity contribution in [2.24, 2.45) is 0 Å². The Labute approximate surface area is 98.7 Å². The van der Waals surface area contributed by atoms with E-state index in [1.165, 1.54) is 11.3 Å². The molecule has 0 saturated carbocycles. The molecule has 0 amide bonds. The first-order valence-electron chi connectivity index (χ1n) is 3.80. The Kier molecular flexibility index (Phi) is 3.12. The number of hydrogen-bond donors (Lipinski definition) is 1. The third-order valence-electron chi connectivity index (χ3n) is 1.63. The molecule has 1 aromatic carbocycles. The molecule has 2 N–H and O–H groups in total. The van der Waals surface area contributed by atoms with Crippen LogP contribution in [-0.2, 0) is 4.57 Å². The summed E-state index contributed by atoms with van der Waals surface area (Å²) < 4.78 is 17.0. The number of aromatic nitrogens is 1. The molecular formula is C8H4BrN2O2PS. The average Bonchev–Trinajstić information content (AvgIpc) is 2.54. The number of hydrogen-bond acceptors (Lipinski definition) is 5. The minimum atomic E-state index is -0.305. The number of benzene rings is 1. The molecule has 2 aromatic rings. The molecule has 7 heteroatoms. The van der Waals surface area contributed by atoms with Crippen molar-refractivity contribution in [3.63, 3.8) is 0 Å². The molecule has 15 heavy (non-hydrogen) atoms. The summed E-state index contributed by atoms with van der Waals surface area (Å²) in [5.41, 5.74) is 6.24. The topological polar surface area (TPSA) is 65.2 Å². The van der Waals surface area contributed by atoms with Crippen LogP contribution in [0, 0.1) is 5.81 Å². The van der Waals surface area contributed by atoms with Crippen molar-refractivity contribution < 1.29 is 9.30 Å². The van der Waals surface area contributed by atoms with Gasteiger partial charge in [0.2, 0.25) is 0 Å². The molecule has 0 spiro atoms. The van der Waals surface area contributed by atoms with Gasteiger partial charge in [-0.25, -0.2) is 0 Å². The van der Waals surface area contributed by atoms with Crippen LogP contribution in [0.3, 0.4) is 0 Å². The Balaban J connectivity index is 2.67. The number of nitrogen functional groups attached to an aromatic ring is 1. The van der Waals surface area contributed by atoms with Gasteiger partial charge in [0, 0.05) is 0 Å². The van der Waals surface area contributed by atoms with E-state index in [0.717, 1.165) is 9.17 Å². The molecule has 1 aromatic heterocycles. The fourth-order valence-corrected chi connectivity index (χ4v) is 2.64. The van der Waals surface area contributed by atoms with E-state index in [4.69, 9.17) is 10.5 Å². The van der Waals surface area contributed by atoms with Gasteiger partial charge in [-0.3, -0.25) is 0 Å². The Hall–Kier alpha value is -0.800. The van der Waals surface area contributed by atoms with Crippen LogP contribution in [0.2, 0.25) is 0 Å². The summed E-state index contributed by atoms with van der Waals surface area (Å²) in [5, 5.41) is 0.465. The Bertz CT molecular complexity index is 622. The first-order valence-corrected chi connectivity index (χ1v) is 6.22. The van der Waals surface area contributed by atoms with E-state index in [1.807, 2.05) is 6.07 Å². The van der Waals surface area contributed by atoms with Gasteiger partial charge in [-0.05, 0) is 0 Å². The molecule has 0 saturated heterocycles. The van der Waals surface area contributed by atoms with Crippen LogP contribution in [0.4, 0.5) is 5.13 Å². The van der Waals surface area contributed by atoms with Crippen LogP contribution >= 0.6 is 35.2 Å². The molecule has 0 bridgehead atoms. The van der Waals surface area contributed by atoms with E-state index in [-0.39, 0.29) is 7.92 Å². The summed E-state index contributed by atoms with van der Waals surface area (Å²) in [6, 6.07) is 3.62. The molecule has 0 fully saturated rings. The molecule has 76 valence electrons. The van der Waals surface area contributed by atoms with Gasteiger partial charge in [0.1, 0.15) is 0 Å². The van der Waals surface area contributed by atoms with Gasteiger partial charge in [-0.15, -0.1) is 0 Å². The van der Waals surface area contributed by atoms with E-state index in [9.17, 15) is 4.57 Å². The number of rotatable bonds is 1. The number of anilines is 1. The van der Waals surface area contributed by atoms with Crippen molar-refractivity contribution in [3.8, 4) is 11.6 Å². The second-order valence-corrected chi connectivity index (χ2v) is 4.93. The van der Waals surface area contributed by atoms with Gasteiger partial charge >= 0.3 is 98.7 Å². The zero-order chi connectivity index (χ0) is 10.8. The fraction of sp³-hybridized carbons (Fsp3) is 0. The maximum absolute atomic E-state index is 10.2. The molecule has 0 unspecified atom stereocenters. The van der Waals surface area contributed by atoms with Crippen LogP contribution in [-0.4, -0.2) is 4.98 Å². The van der Waals surface area contributed by atoms with Gasteiger partial charge in [0.05, 0.1) is 0 Å². The van der Waals surface area contributed by atoms with Crippen LogP contribution in [0.15, 0.2) is 16.6 Å². The SMILES string of the molecule is Nc1nc2c(OC#P=O)cc(Br)cc2s1. The molecule has 0 aliphatic rings. The Morgan fingerprint density at radius 3 is 3.13 bits per heavy atom. The number of fused-ring (bicyclic) bond motifs is 1. The van der Waals surface area contributed by atoms with E-state index >= 15 is 0 Å². The van der Waals surface area contributed by atoms with Crippen molar-refractivity contribution >= 4 is 50.5 Å². The molecule has 4 nitrogen and oxygen atoms in total. The number of thiazole rings is 1. The van der Waals surface area contributed by atoms with Crippen molar-refractivity contribution in [1.82, 2.24) is 4.98 Å². The quantitative estimate of drug-likeness (QED) is 0.821. The Morgan fingerprint density at radius 2 is 2.40 bits per heavy atom. The number of halogens is 1. The standard InChI is InChI=1S/C8H4BrN2O2PS/c9-4-1-5(13-3-14-12)7-6(2-4)15-8(10)11-7/h1-2H,(H2,10,11). The Morgan fingerprint density at radius 1 is 1.60 bits per heavy atom. The fourth-order valence-electron chi connectivity index (χ4n) is 1.13. The average molecular weight is 303 g/mol. The molecule has 0 atom stereocenters. The van der Waals surface area contributed by atoms with Crippen LogP contribution in [0.25, 0.3) is 10.2 Å². The second kappa shape index (κ2) is 4.37. The number of nitrogens with two attached hydrogens (primary N) is 1. The second-order valence-electron chi connectivity index (χ2n) is 2.59. The van der Waals surface area contributed by atoms with E-state index in [0.29, 0.717) is 16.4 Å². The van der Waals surface area contributed by atoms with Gasteiger partial charge in [-0.1, -0.05) is 0 Å². The van der Waals surface area contributed by atoms with Crippen LogP contribution < -0.4 is 10.5 Å². The number of nitrogens with zero attached hydrogens (tertiary/aromatic N) is 1. The summed E-state index contributed by atoms with van der Waals surface area (Å²) in [7, 11) is -0.305. The first-order chi connectivity index (χ1) is 7.20. The normalized spacial score (nSPS) is 9.93. The summed E-state index contributed by atoms with van der Waals surface area (Å²) in [6.07, 6.45) is 0. The van der Waals surface area contributed by atoms with Crippen molar-refractivity contribution in [2.75, 3.05) is 5.73 Å². The summed E-state index contributed by atoms with van der Waals surface area (Å²) in [6.45, 7) is 0. The van der Waals surface area contributed by atoms with E-state index < -0.39 is 0 Å². The van der Waals surface area contributed by atoms with Crippen LogP contribution in [0.5, 0.6) is 5.75 Å².